The standard InChI is InChI=1S/C15H25N3O2S.HI/c1-12(13-7-9-21-11-13)10-18-15(16-2)17-8-5-4-6-14(19)20-3;/h7,9,11-12H,4-6,8,10H2,1-3H3,(H2,16,17,18);1H. The molecule has 1 rings (SSSR count). The summed E-state index contributed by atoms with van der Waals surface area (Å²) in [7, 11) is 3.18. The molecule has 0 amide bonds. The Bertz CT molecular complexity index is 438. The van der Waals surface area contributed by atoms with Crippen LogP contribution in [0, 0.1) is 0 Å². The van der Waals surface area contributed by atoms with Crippen LogP contribution in [0.25, 0.3) is 0 Å². The molecular formula is C15H26IN3O2S. The Morgan fingerprint density at radius 1 is 1.41 bits per heavy atom. The lowest BCUT2D eigenvalue weighted by Gasteiger charge is -2.15. The highest BCUT2D eigenvalue weighted by Crippen LogP contribution is 2.16. The molecule has 7 heteroatoms. The van der Waals surface area contributed by atoms with E-state index < -0.39 is 0 Å². The van der Waals surface area contributed by atoms with Crippen LogP contribution in [0.4, 0.5) is 0 Å². The van der Waals surface area contributed by atoms with Crippen molar-refractivity contribution in [3.63, 3.8) is 0 Å². The number of methoxy groups -OCH3 is 1. The Balaban J connectivity index is 0.00000441. The largest absolute Gasteiger partial charge is 0.469 e. The van der Waals surface area contributed by atoms with Crippen LogP contribution in [0.1, 0.15) is 37.7 Å². The number of nitrogens with zero attached hydrogens (tertiary/aromatic N) is 1. The van der Waals surface area contributed by atoms with Gasteiger partial charge in [0, 0.05) is 26.6 Å². The van der Waals surface area contributed by atoms with Gasteiger partial charge in [-0.15, -0.1) is 24.0 Å². The molecule has 0 aliphatic carbocycles. The Labute approximate surface area is 154 Å². The highest BCUT2D eigenvalue weighted by molar-refractivity contribution is 14.0. The third-order valence-electron chi connectivity index (χ3n) is 3.24. The molecule has 0 aliphatic rings. The molecule has 0 radical (unpaired) electrons. The monoisotopic (exact) mass is 439 g/mol. The number of aliphatic imine (C=N–C) groups is 1. The summed E-state index contributed by atoms with van der Waals surface area (Å²) in [5, 5.41) is 10.8. The highest BCUT2D eigenvalue weighted by Gasteiger charge is 2.06. The van der Waals surface area contributed by atoms with E-state index in [2.05, 4.69) is 44.1 Å². The zero-order valence-corrected chi connectivity index (χ0v) is 16.6. The maximum atomic E-state index is 11.0. The van der Waals surface area contributed by atoms with Gasteiger partial charge in [0.1, 0.15) is 0 Å². The van der Waals surface area contributed by atoms with Crippen molar-refractivity contribution in [2.45, 2.75) is 32.1 Å². The second-order valence-electron chi connectivity index (χ2n) is 4.87. The van der Waals surface area contributed by atoms with Gasteiger partial charge in [-0.25, -0.2) is 0 Å². The molecule has 1 aromatic rings. The number of hydrogen-bond acceptors (Lipinski definition) is 4. The summed E-state index contributed by atoms with van der Waals surface area (Å²) < 4.78 is 4.60. The van der Waals surface area contributed by atoms with Gasteiger partial charge in [-0.1, -0.05) is 6.92 Å². The van der Waals surface area contributed by atoms with Crippen LogP contribution in [0.5, 0.6) is 0 Å². The number of hydrogen-bond donors (Lipinski definition) is 2. The van der Waals surface area contributed by atoms with E-state index in [-0.39, 0.29) is 29.9 Å². The molecule has 1 atom stereocenters. The van der Waals surface area contributed by atoms with Gasteiger partial charge in [0.05, 0.1) is 7.11 Å². The normalized spacial score (nSPS) is 12.2. The Morgan fingerprint density at radius 2 is 2.18 bits per heavy atom. The SMILES string of the molecule is CN=C(NCCCCC(=O)OC)NCC(C)c1ccsc1.I. The van der Waals surface area contributed by atoms with E-state index in [1.54, 1.807) is 18.4 Å². The number of thiophene rings is 1. The van der Waals surface area contributed by atoms with Crippen LogP contribution in [-0.2, 0) is 9.53 Å². The van der Waals surface area contributed by atoms with Crippen molar-refractivity contribution in [1.29, 1.82) is 0 Å². The number of ether oxygens (including phenoxy) is 1. The number of esters is 1. The van der Waals surface area contributed by atoms with E-state index in [0.717, 1.165) is 31.9 Å². The molecule has 126 valence electrons. The maximum Gasteiger partial charge on any atom is 0.305 e. The minimum Gasteiger partial charge on any atom is -0.469 e. The Morgan fingerprint density at radius 3 is 2.77 bits per heavy atom. The van der Waals surface area contributed by atoms with E-state index in [0.29, 0.717) is 12.3 Å². The second kappa shape index (κ2) is 12.7. The lowest BCUT2D eigenvalue weighted by molar-refractivity contribution is -0.140. The summed E-state index contributed by atoms with van der Waals surface area (Å²) >= 11 is 1.72. The molecule has 2 N–H and O–H groups in total. The molecule has 0 saturated carbocycles. The second-order valence-corrected chi connectivity index (χ2v) is 5.65. The molecule has 0 aromatic carbocycles. The van der Waals surface area contributed by atoms with Crippen molar-refractivity contribution in [2.24, 2.45) is 4.99 Å². The van der Waals surface area contributed by atoms with Crippen molar-refractivity contribution in [3.05, 3.63) is 22.4 Å². The average molecular weight is 439 g/mol. The highest BCUT2D eigenvalue weighted by atomic mass is 127. The van der Waals surface area contributed by atoms with E-state index >= 15 is 0 Å². The Hall–Kier alpha value is -0.830. The molecule has 0 bridgehead atoms. The zero-order valence-electron chi connectivity index (χ0n) is 13.4. The number of carbonyl (C=O) groups excluding carboxylic acids is 1. The van der Waals surface area contributed by atoms with Crippen molar-refractivity contribution < 1.29 is 9.53 Å². The predicted octanol–water partition coefficient (Wildman–Crippen LogP) is 2.98. The van der Waals surface area contributed by atoms with Crippen molar-refractivity contribution in [2.75, 3.05) is 27.2 Å². The molecule has 0 spiro atoms. The van der Waals surface area contributed by atoms with Gasteiger partial charge in [-0.05, 0) is 41.1 Å². The molecule has 1 heterocycles. The van der Waals surface area contributed by atoms with Gasteiger partial charge in [0.2, 0.25) is 0 Å². The molecule has 0 saturated heterocycles. The first-order valence-corrected chi connectivity index (χ1v) is 8.15. The van der Waals surface area contributed by atoms with E-state index in [1.165, 1.54) is 12.7 Å². The molecule has 5 nitrogen and oxygen atoms in total. The molecule has 0 aliphatic heterocycles. The summed E-state index contributed by atoms with van der Waals surface area (Å²) in [4.78, 5) is 15.2. The number of nitrogens with one attached hydrogen (secondary N) is 2. The fraction of sp³-hybridized carbons (Fsp3) is 0.600. The number of rotatable bonds is 8. The smallest absolute Gasteiger partial charge is 0.305 e. The van der Waals surface area contributed by atoms with Crippen LogP contribution < -0.4 is 10.6 Å². The van der Waals surface area contributed by atoms with Crippen LogP contribution in [0.3, 0.4) is 0 Å². The van der Waals surface area contributed by atoms with Crippen LogP contribution in [-0.4, -0.2) is 39.2 Å². The topological polar surface area (TPSA) is 62.7 Å². The fourth-order valence-electron chi connectivity index (χ4n) is 1.85. The van der Waals surface area contributed by atoms with E-state index in [1.807, 2.05) is 0 Å². The van der Waals surface area contributed by atoms with Crippen molar-refractivity contribution in [1.82, 2.24) is 10.6 Å². The lowest BCUT2D eigenvalue weighted by Crippen LogP contribution is -2.39. The molecule has 1 unspecified atom stereocenters. The summed E-state index contributed by atoms with van der Waals surface area (Å²) in [5.74, 6) is 1.10. The first-order valence-electron chi connectivity index (χ1n) is 7.20. The van der Waals surface area contributed by atoms with Crippen molar-refractivity contribution >= 4 is 47.2 Å². The number of unbranched alkanes of at least 4 members (excludes halogenated alkanes) is 1. The van der Waals surface area contributed by atoms with E-state index in [9.17, 15) is 4.79 Å². The average Bonchev–Trinajstić information content (AvgIpc) is 3.03. The molecular weight excluding hydrogens is 413 g/mol. The molecule has 22 heavy (non-hydrogen) atoms. The van der Waals surface area contributed by atoms with Crippen LogP contribution in [0.2, 0.25) is 0 Å². The van der Waals surface area contributed by atoms with Crippen LogP contribution >= 0.6 is 35.3 Å². The molecule has 1 aromatic heterocycles. The maximum absolute atomic E-state index is 11.0. The minimum atomic E-state index is -0.151. The summed E-state index contributed by atoms with van der Waals surface area (Å²) in [6.07, 6.45) is 2.21. The number of carbonyl (C=O) groups is 1. The third kappa shape index (κ3) is 8.57. The van der Waals surface area contributed by atoms with Gasteiger partial charge in [-0.3, -0.25) is 9.79 Å². The van der Waals surface area contributed by atoms with Gasteiger partial charge >= 0.3 is 5.97 Å². The first kappa shape index (κ1) is 21.2. The molecule has 0 fully saturated rings. The summed E-state index contributed by atoms with van der Waals surface area (Å²) in [5.41, 5.74) is 1.35. The zero-order chi connectivity index (χ0) is 15.5. The fourth-order valence-corrected chi connectivity index (χ4v) is 2.63. The Kier molecular flexibility index (Phi) is 12.2. The number of halogens is 1. The van der Waals surface area contributed by atoms with Crippen LogP contribution in [0.15, 0.2) is 21.8 Å². The summed E-state index contributed by atoms with van der Waals surface area (Å²) in [6, 6.07) is 2.15. The van der Waals surface area contributed by atoms with Gasteiger partial charge in [0.25, 0.3) is 0 Å². The van der Waals surface area contributed by atoms with Crippen molar-refractivity contribution in [3.8, 4) is 0 Å². The first-order chi connectivity index (χ1) is 10.2. The lowest BCUT2D eigenvalue weighted by atomic mass is 10.1. The van der Waals surface area contributed by atoms with Gasteiger partial charge < -0.3 is 15.4 Å². The van der Waals surface area contributed by atoms with E-state index in [4.69, 9.17) is 0 Å². The quantitative estimate of drug-likeness (QED) is 0.215. The summed E-state index contributed by atoms with van der Waals surface area (Å²) in [6.45, 7) is 3.83. The van der Waals surface area contributed by atoms with Gasteiger partial charge in [0.15, 0.2) is 5.96 Å². The van der Waals surface area contributed by atoms with Gasteiger partial charge in [-0.2, -0.15) is 11.3 Å². The predicted molar refractivity (Wildman–Crippen MR) is 103 cm³/mol. The number of guanidine groups is 1. The minimum absolute atomic E-state index is 0. The third-order valence-corrected chi connectivity index (χ3v) is 3.94.